The Morgan fingerprint density at radius 2 is 2.15 bits per heavy atom. The maximum absolute atomic E-state index is 6.18. The van der Waals surface area contributed by atoms with E-state index in [2.05, 4.69) is 46.8 Å². The minimum absolute atomic E-state index is 0.275. The number of nitrogens with one attached hydrogen (secondary N) is 3. The van der Waals surface area contributed by atoms with Crippen molar-refractivity contribution in [1.82, 2.24) is 20.2 Å². The summed E-state index contributed by atoms with van der Waals surface area (Å²) in [6.45, 7) is 0. The van der Waals surface area contributed by atoms with E-state index in [1.165, 1.54) is 0 Å². The molecule has 102 valence electrons. The van der Waals surface area contributed by atoms with Gasteiger partial charge in [0.05, 0.1) is 22.3 Å². The van der Waals surface area contributed by atoms with Crippen LogP contribution in [0.15, 0.2) is 28.9 Å². The number of rotatable bonds is 3. The molecule has 0 amide bonds. The lowest BCUT2D eigenvalue weighted by atomic mass is 10.3. The standard InChI is InChI=1S/C11H9BrClN7/c12-5-1-2-8(7(13)3-5)16-9-6-4-15-20-10(6)18-11(17-9)19-14/h1-4H,14H2,(H3,15,16,17,18,19,20). The van der Waals surface area contributed by atoms with Gasteiger partial charge in [-0.25, -0.2) is 5.84 Å². The molecule has 0 radical (unpaired) electrons. The average Bonchev–Trinajstić information content (AvgIpc) is 2.90. The molecule has 0 bridgehead atoms. The maximum Gasteiger partial charge on any atom is 0.241 e. The first-order chi connectivity index (χ1) is 9.67. The minimum Gasteiger partial charge on any atom is -0.338 e. The van der Waals surface area contributed by atoms with Crippen LogP contribution in [0.3, 0.4) is 0 Å². The van der Waals surface area contributed by atoms with Gasteiger partial charge < -0.3 is 5.32 Å². The second-order valence-corrected chi connectivity index (χ2v) is 5.24. The van der Waals surface area contributed by atoms with Crippen LogP contribution in [0, 0.1) is 0 Å². The predicted molar refractivity (Wildman–Crippen MR) is 81.9 cm³/mol. The Labute approximate surface area is 127 Å². The third-order valence-corrected chi connectivity index (χ3v) is 3.43. The van der Waals surface area contributed by atoms with Crippen LogP contribution < -0.4 is 16.6 Å². The van der Waals surface area contributed by atoms with E-state index in [0.29, 0.717) is 16.5 Å². The van der Waals surface area contributed by atoms with Gasteiger partial charge in [0, 0.05) is 4.47 Å². The number of nitrogen functional groups attached to an aromatic ring is 1. The molecule has 9 heteroatoms. The molecular weight excluding hydrogens is 346 g/mol. The second-order valence-electron chi connectivity index (χ2n) is 3.92. The Bertz CT molecular complexity index is 773. The molecule has 20 heavy (non-hydrogen) atoms. The lowest BCUT2D eigenvalue weighted by Crippen LogP contribution is -2.11. The van der Waals surface area contributed by atoms with Crippen LogP contribution in [0.4, 0.5) is 17.5 Å². The summed E-state index contributed by atoms with van der Waals surface area (Å²) in [5.41, 5.74) is 3.70. The number of aromatic nitrogens is 4. The summed E-state index contributed by atoms with van der Waals surface area (Å²) in [6, 6.07) is 5.51. The zero-order valence-corrected chi connectivity index (χ0v) is 12.3. The molecule has 0 spiro atoms. The van der Waals surface area contributed by atoms with E-state index in [-0.39, 0.29) is 5.95 Å². The monoisotopic (exact) mass is 353 g/mol. The summed E-state index contributed by atoms with van der Waals surface area (Å²) < 4.78 is 0.897. The molecule has 0 aliphatic rings. The largest absolute Gasteiger partial charge is 0.338 e. The van der Waals surface area contributed by atoms with Crippen LogP contribution >= 0.6 is 27.5 Å². The molecule has 3 rings (SSSR count). The molecule has 0 aliphatic carbocycles. The van der Waals surface area contributed by atoms with E-state index in [1.54, 1.807) is 12.3 Å². The summed E-state index contributed by atoms with van der Waals surface area (Å²) in [7, 11) is 0. The molecule has 0 saturated heterocycles. The second kappa shape index (κ2) is 5.23. The van der Waals surface area contributed by atoms with Crippen molar-refractivity contribution in [2.45, 2.75) is 0 Å². The summed E-state index contributed by atoms with van der Waals surface area (Å²) in [5.74, 6) is 6.18. The van der Waals surface area contributed by atoms with Gasteiger partial charge in [0.1, 0.15) is 5.82 Å². The number of halogens is 2. The zero-order valence-electron chi connectivity index (χ0n) is 9.98. The van der Waals surface area contributed by atoms with Crippen molar-refractivity contribution in [2.75, 3.05) is 10.7 Å². The van der Waals surface area contributed by atoms with Crippen molar-refractivity contribution in [3.63, 3.8) is 0 Å². The Balaban J connectivity index is 2.07. The average molecular weight is 355 g/mol. The number of nitrogens with two attached hydrogens (primary N) is 1. The van der Waals surface area contributed by atoms with Gasteiger partial charge in [-0.15, -0.1) is 0 Å². The van der Waals surface area contributed by atoms with Crippen LogP contribution in [0.2, 0.25) is 5.02 Å². The number of anilines is 3. The molecule has 0 unspecified atom stereocenters. The molecule has 1 aromatic carbocycles. The van der Waals surface area contributed by atoms with Gasteiger partial charge in [-0.05, 0) is 18.2 Å². The van der Waals surface area contributed by atoms with Crippen LogP contribution in [-0.4, -0.2) is 20.2 Å². The first kappa shape index (κ1) is 13.1. The van der Waals surface area contributed by atoms with Crippen LogP contribution in [-0.2, 0) is 0 Å². The topological polar surface area (TPSA) is 105 Å². The van der Waals surface area contributed by atoms with Crippen molar-refractivity contribution in [2.24, 2.45) is 5.84 Å². The van der Waals surface area contributed by atoms with Crippen molar-refractivity contribution in [3.8, 4) is 0 Å². The van der Waals surface area contributed by atoms with Crippen LogP contribution in [0.25, 0.3) is 11.0 Å². The van der Waals surface area contributed by atoms with E-state index in [1.807, 2.05) is 12.1 Å². The molecule has 0 saturated carbocycles. The minimum atomic E-state index is 0.275. The lowest BCUT2D eigenvalue weighted by Gasteiger charge is -2.09. The number of hydrogen-bond donors (Lipinski definition) is 4. The Morgan fingerprint density at radius 1 is 1.30 bits per heavy atom. The summed E-state index contributed by atoms with van der Waals surface area (Å²) in [6.07, 6.45) is 1.63. The van der Waals surface area contributed by atoms with Gasteiger partial charge in [0.25, 0.3) is 0 Å². The highest BCUT2D eigenvalue weighted by atomic mass is 79.9. The predicted octanol–water partition coefficient (Wildman–Crippen LogP) is 2.80. The molecule has 0 fully saturated rings. The third kappa shape index (κ3) is 2.40. The highest BCUT2D eigenvalue weighted by Gasteiger charge is 2.10. The highest BCUT2D eigenvalue weighted by Crippen LogP contribution is 2.30. The lowest BCUT2D eigenvalue weighted by molar-refractivity contribution is 1.08. The van der Waals surface area contributed by atoms with Crippen molar-refractivity contribution in [3.05, 3.63) is 33.9 Å². The zero-order chi connectivity index (χ0) is 14.1. The molecule has 2 heterocycles. The molecule has 0 atom stereocenters. The number of hydrogen-bond acceptors (Lipinski definition) is 6. The molecule has 7 nitrogen and oxygen atoms in total. The summed E-state index contributed by atoms with van der Waals surface area (Å²) in [4.78, 5) is 8.41. The number of benzene rings is 1. The fourth-order valence-corrected chi connectivity index (χ4v) is 2.43. The van der Waals surface area contributed by atoms with Gasteiger partial charge >= 0.3 is 0 Å². The van der Waals surface area contributed by atoms with Crippen molar-refractivity contribution < 1.29 is 0 Å². The number of fused-ring (bicyclic) bond motifs is 1. The van der Waals surface area contributed by atoms with Gasteiger partial charge in [-0.2, -0.15) is 15.1 Å². The van der Waals surface area contributed by atoms with Gasteiger partial charge in [-0.3, -0.25) is 10.5 Å². The van der Waals surface area contributed by atoms with E-state index in [9.17, 15) is 0 Å². The van der Waals surface area contributed by atoms with E-state index < -0.39 is 0 Å². The Morgan fingerprint density at radius 3 is 2.90 bits per heavy atom. The SMILES string of the molecule is NNc1nc(Nc2ccc(Br)cc2Cl)c2cn[nH]c2n1. The van der Waals surface area contributed by atoms with E-state index in [0.717, 1.165) is 15.5 Å². The van der Waals surface area contributed by atoms with Gasteiger partial charge in [0.15, 0.2) is 5.65 Å². The first-order valence-electron chi connectivity index (χ1n) is 5.57. The van der Waals surface area contributed by atoms with Crippen LogP contribution in [0.5, 0.6) is 0 Å². The third-order valence-electron chi connectivity index (χ3n) is 2.62. The van der Waals surface area contributed by atoms with E-state index >= 15 is 0 Å². The normalized spacial score (nSPS) is 10.8. The van der Waals surface area contributed by atoms with Gasteiger partial charge in [0.2, 0.25) is 5.95 Å². The number of H-pyrrole nitrogens is 1. The fourth-order valence-electron chi connectivity index (χ4n) is 1.71. The molecule has 2 aromatic heterocycles. The number of aromatic amines is 1. The number of nitrogens with zero attached hydrogens (tertiary/aromatic N) is 3. The van der Waals surface area contributed by atoms with Crippen molar-refractivity contribution in [1.29, 1.82) is 0 Å². The quantitative estimate of drug-likeness (QED) is 0.426. The maximum atomic E-state index is 6.18. The smallest absolute Gasteiger partial charge is 0.241 e. The molecular formula is C11H9BrClN7. The summed E-state index contributed by atoms with van der Waals surface area (Å²) >= 11 is 9.54. The summed E-state index contributed by atoms with van der Waals surface area (Å²) in [5, 5.41) is 11.2. The van der Waals surface area contributed by atoms with Crippen LogP contribution in [0.1, 0.15) is 0 Å². The first-order valence-corrected chi connectivity index (χ1v) is 6.74. The van der Waals surface area contributed by atoms with Crippen molar-refractivity contribution >= 4 is 56.0 Å². The number of hydrazine groups is 1. The molecule has 5 N–H and O–H groups in total. The Kier molecular flexibility index (Phi) is 3.43. The fraction of sp³-hybridized carbons (Fsp3) is 0. The highest BCUT2D eigenvalue weighted by molar-refractivity contribution is 9.10. The van der Waals surface area contributed by atoms with Gasteiger partial charge in [-0.1, -0.05) is 27.5 Å². The molecule has 0 aliphatic heterocycles. The molecule has 3 aromatic rings. The Hall–Kier alpha value is -1.90. The van der Waals surface area contributed by atoms with E-state index in [4.69, 9.17) is 17.4 Å².